The first kappa shape index (κ1) is 17.3. The van der Waals surface area contributed by atoms with E-state index < -0.39 is 18.8 Å². The van der Waals surface area contributed by atoms with Gasteiger partial charge in [-0.3, -0.25) is 4.79 Å². The van der Waals surface area contributed by atoms with Crippen LogP contribution in [0.2, 0.25) is 0 Å². The van der Waals surface area contributed by atoms with Gasteiger partial charge in [0.15, 0.2) is 6.61 Å². The molecule has 21 heavy (non-hydrogen) atoms. The van der Waals surface area contributed by atoms with E-state index in [1.165, 1.54) is 12.1 Å². The molecule has 1 aromatic carbocycles. The molecule has 118 valence electrons. The summed E-state index contributed by atoms with van der Waals surface area (Å²) in [5.41, 5.74) is 6.41. The number of alkyl halides is 3. The van der Waals surface area contributed by atoms with Gasteiger partial charge in [-0.25, -0.2) is 0 Å². The molecule has 0 heterocycles. The Kier molecular flexibility index (Phi) is 6.48. The maximum atomic E-state index is 12.0. The van der Waals surface area contributed by atoms with Gasteiger partial charge in [-0.15, -0.1) is 0 Å². The highest BCUT2D eigenvalue weighted by Crippen LogP contribution is 2.18. The number of carbonyl (C=O) groups is 1. The van der Waals surface area contributed by atoms with Gasteiger partial charge in [0.05, 0.1) is 6.04 Å². The smallest absolute Gasteiger partial charge is 0.422 e. The number of rotatable bonds is 7. The molecule has 0 bridgehead atoms. The molecule has 1 unspecified atom stereocenters. The molecule has 0 aliphatic carbocycles. The fourth-order valence-corrected chi connectivity index (χ4v) is 1.63. The number of carbonyl (C=O) groups excluding carboxylic acids is 1. The van der Waals surface area contributed by atoms with Crippen molar-refractivity contribution in [3.05, 3.63) is 29.8 Å². The molecule has 0 spiro atoms. The third kappa shape index (κ3) is 6.99. The third-order valence-corrected chi connectivity index (χ3v) is 2.73. The quantitative estimate of drug-likeness (QED) is 0.813. The Morgan fingerprint density at radius 3 is 2.48 bits per heavy atom. The average molecular weight is 304 g/mol. The molecule has 1 atom stereocenters. The Balaban J connectivity index is 2.42. The number of nitrogens with two attached hydrogens (primary N) is 1. The van der Waals surface area contributed by atoms with Crippen LogP contribution in [0.1, 0.15) is 25.3 Å². The Bertz CT molecular complexity index is 447. The average Bonchev–Trinajstić information content (AvgIpc) is 2.43. The number of hydrogen-bond donors (Lipinski definition) is 2. The highest BCUT2D eigenvalue weighted by atomic mass is 19.4. The second kappa shape index (κ2) is 7.87. The number of ether oxygens (including phenoxy) is 1. The van der Waals surface area contributed by atoms with Crippen molar-refractivity contribution in [2.24, 2.45) is 5.73 Å². The third-order valence-electron chi connectivity index (χ3n) is 2.73. The first-order valence-electron chi connectivity index (χ1n) is 6.63. The van der Waals surface area contributed by atoms with Crippen molar-refractivity contribution < 1.29 is 22.7 Å². The van der Waals surface area contributed by atoms with E-state index in [-0.39, 0.29) is 18.2 Å². The van der Waals surface area contributed by atoms with E-state index in [0.29, 0.717) is 6.42 Å². The minimum absolute atomic E-state index is 0.130. The number of nitrogens with one attached hydrogen (secondary N) is 1. The predicted molar refractivity (Wildman–Crippen MR) is 72.7 cm³/mol. The van der Waals surface area contributed by atoms with Crippen molar-refractivity contribution in [2.75, 3.05) is 6.61 Å². The van der Waals surface area contributed by atoms with E-state index in [2.05, 4.69) is 10.1 Å². The zero-order chi connectivity index (χ0) is 15.9. The Morgan fingerprint density at radius 2 is 1.95 bits per heavy atom. The molecule has 0 aromatic heterocycles. The van der Waals surface area contributed by atoms with E-state index in [4.69, 9.17) is 5.73 Å². The molecule has 0 aliphatic rings. The van der Waals surface area contributed by atoms with Gasteiger partial charge in [0.1, 0.15) is 5.75 Å². The molecular formula is C14H19F3N2O2. The Hall–Kier alpha value is -1.76. The van der Waals surface area contributed by atoms with Gasteiger partial charge in [0.25, 0.3) is 0 Å². The molecule has 0 radical (unpaired) electrons. The maximum Gasteiger partial charge on any atom is 0.422 e. The van der Waals surface area contributed by atoms with E-state index in [1.54, 1.807) is 12.1 Å². The van der Waals surface area contributed by atoms with Crippen LogP contribution in [0.15, 0.2) is 24.3 Å². The predicted octanol–water partition coefficient (Wildman–Crippen LogP) is 2.37. The molecule has 4 nitrogen and oxygen atoms in total. The summed E-state index contributed by atoms with van der Waals surface area (Å²) in [5, 5.41) is 2.67. The lowest BCUT2D eigenvalue weighted by molar-refractivity contribution is -0.153. The van der Waals surface area contributed by atoms with Gasteiger partial charge in [-0.2, -0.15) is 13.2 Å². The Morgan fingerprint density at radius 1 is 1.33 bits per heavy atom. The van der Waals surface area contributed by atoms with Crippen LogP contribution in [0.5, 0.6) is 5.75 Å². The fourth-order valence-electron chi connectivity index (χ4n) is 1.63. The van der Waals surface area contributed by atoms with Crippen molar-refractivity contribution in [3.63, 3.8) is 0 Å². The maximum absolute atomic E-state index is 12.0. The largest absolute Gasteiger partial charge is 0.484 e. The van der Waals surface area contributed by atoms with Crippen LogP contribution >= 0.6 is 0 Å². The summed E-state index contributed by atoms with van der Waals surface area (Å²) in [6.45, 7) is 0.886. The SMILES string of the molecule is CCCC(N)C(=O)NCc1ccc(OCC(F)(F)F)cc1. The van der Waals surface area contributed by atoms with Crippen LogP contribution in [-0.2, 0) is 11.3 Å². The number of benzene rings is 1. The molecule has 0 aliphatic heterocycles. The second-order valence-corrected chi connectivity index (χ2v) is 4.66. The standard InChI is InChI=1S/C14H19F3N2O2/c1-2-3-12(18)13(20)19-8-10-4-6-11(7-5-10)21-9-14(15,16)17/h4-7,12H,2-3,8-9,18H2,1H3,(H,19,20). The first-order chi connectivity index (χ1) is 9.81. The molecule has 0 saturated carbocycles. The monoisotopic (exact) mass is 304 g/mol. The summed E-state index contributed by atoms with van der Waals surface area (Å²) < 4.78 is 40.5. The van der Waals surface area contributed by atoms with Crippen LogP contribution < -0.4 is 15.8 Å². The van der Waals surface area contributed by atoms with Gasteiger partial charge in [0.2, 0.25) is 5.91 Å². The topological polar surface area (TPSA) is 64.4 Å². The summed E-state index contributed by atoms with van der Waals surface area (Å²) in [7, 11) is 0. The van der Waals surface area contributed by atoms with Crippen molar-refractivity contribution >= 4 is 5.91 Å². The van der Waals surface area contributed by atoms with Crippen LogP contribution in [0.4, 0.5) is 13.2 Å². The van der Waals surface area contributed by atoms with Gasteiger partial charge >= 0.3 is 6.18 Å². The molecule has 0 saturated heterocycles. The fraction of sp³-hybridized carbons (Fsp3) is 0.500. The van der Waals surface area contributed by atoms with Crippen LogP contribution in [0.3, 0.4) is 0 Å². The van der Waals surface area contributed by atoms with E-state index in [9.17, 15) is 18.0 Å². The van der Waals surface area contributed by atoms with Crippen molar-refractivity contribution in [1.29, 1.82) is 0 Å². The highest BCUT2D eigenvalue weighted by molar-refractivity contribution is 5.81. The molecule has 3 N–H and O–H groups in total. The van der Waals surface area contributed by atoms with Gasteiger partial charge in [-0.05, 0) is 24.1 Å². The number of hydrogen-bond acceptors (Lipinski definition) is 3. The molecule has 1 amide bonds. The summed E-state index contributed by atoms with van der Waals surface area (Å²) in [6, 6.07) is 5.51. The summed E-state index contributed by atoms with van der Waals surface area (Å²) >= 11 is 0. The molecule has 7 heteroatoms. The van der Waals surface area contributed by atoms with Gasteiger partial charge in [-0.1, -0.05) is 25.5 Å². The first-order valence-corrected chi connectivity index (χ1v) is 6.63. The number of amides is 1. The Labute approximate surface area is 121 Å². The lowest BCUT2D eigenvalue weighted by Crippen LogP contribution is -2.40. The van der Waals surface area contributed by atoms with E-state index in [0.717, 1.165) is 12.0 Å². The van der Waals surface area contributed by atoms with Crippen LogP contribution in [-0.4, -0.2) is 24.7 Å². The summed E-state index contributed by atoms with van der Waals surface area (Å²) in [6.07, 6.45) is -2.93. The molecule has 0 fully saturated rings. The van der Waals surface area contributed by atoms with Crippen molar-refractivity contribution in [1.82, 2.24) is 5.32 Å². The van der Waals surface area contributed by atoms with E-state index >= 15 is 0 Å². The lowest BCUT2D eigenvalue weighted by Gasteiger charge is -2.12. The van der Waals surface area contributed by atoms with Gasteiger partial charge in [0, 0.05) is 6.54 Å². The minimum atomic E-state index is -4.36. The molecule has 1 rings (SSSR count). The van der Waals surface area contributed by atoms with E-state index in [1.807, 2.05) is 6.92 Å². The molecular weight excluding hydrogens is 285 g/mol. The zero-order valence-corrected chi connectivity index (χ0v) is 11.7. The van der Waals surface area contributed by atoms with Crippen molar-refractivity contribution in [2.45, 2.75) is 38.5 Å². The summed E-state index contributed by atoms with van der Waals surface area (Å²) in [4.78, 5) is 11.6. The van der Waals surface area contributed by atoms with Crippen LogP contribution in [0, 0.1) is 0 Å². The normalized spacial score (nSPS) is 12.8. The minimum Gasteiger partial charge on any atom is -0.484 e. The zero-order valence-electron chi connectivity index (χ0n) is 11.7. The number of halogens is 3. The lowest BCUT2D eigenvalue weighted by atomic mass is 10.1. The van der Waals surface area contributed by atoms with Crippen molar-refractivity contribution in [3.8, 4) is 5.75 Å². The van der Waals surface area contributed by atoms with Gasteiger partial charge < -0.3 is 15.8 Å². The molecule has 1 aromatic rings. The second-order valence-electron chi connectivity index (χ2n) is 4.66. The van der Waals surface area contributed by atoms with Crippen LogP contribution in [0.25, 0.3) is 0 Å². The highest BCUT2D eigenvalue weighted by Gasteiger charge is 2.28. The summed E-state index contributed by atoms with van der Waals surface area (Å²) in [5.74, 6) is -0.112.